The summed E-state index contributed by atoms with van der Waals surface area (Å²) >= 11 is 0. The average Bonchev–Trinajstić information content (AvgIpc) is 2.21. The molecule has 0 saturated carbocycles. The molecule has 0 aromatic rings. The van der Waals surface area contributed by atoms with E-state index in [1.54, 1.807) is 0 Å². The summed E-state index contributed by atoms with van der Waals surface area (Å²) in [6.45, 7) is 2.28. The first-order valence-corrected chi connectivity index (χ1v) is 6.62. The van der Waals surface area contributed by atoms with Crippen LogP contribution in [-0.2, 0) is 0 Å². The van der Waals surface area contributed by atoms with Crippen LogP contribution in [0.1, 0.15) is 77.6 Å². The van der Waals surface area contributed by atoms with Crippen LogP contribution in [-0.4, -0.2) is 7.85 Å². The van der Waals surface area contributed by atoms with Gasteiger partial charge in [-0.3, -0.25) is 0 Å². The van der Waals surface area contributed by atoms with E-state index in [2.05, 4.69) is 6.92 Å². The molecule has 0 fully saturated rings. The monoisotopic (exact) mass is 194 g/mol. The summed E-state index contributed by atoms with van der Waals surface area (Å²) in [6, 6.07) is 0. The molecule has 0 aromatic heterocycles. The molecule has 0 unspecified atom stereocenters. The standard InChI is InChI=1S/C13H27B/c1-2-3-4-5-6-7-8-9-10-11-12-13-14/h2-13H2,1H3. The Labute approximate surface area is 92.3 Å². The molecule has 82 valence electrons. The van der Waals surface area contributed by atoms with Crippen LogP contribution in [0.3, 0.4) is 0 Å². The number of hydrogen-bond acceptors (Lipinski definition) is 0. The molecule has 0 heterocycles. The highest BCUT2D eigenvalue weighted by Crippen LogP contribution is 2.11. The maximum atomic E-state index is 5.44. The summed E-state index contributed by atoms with van der Waals surface area (Å²) in [6.07, 6.45) is 16.3. The van der Waals surface area contributed by atoms with Crippen molar-refractivity contribution in [3.8, 4) is 0 Å². The topological polar surface area (TPSA) is 0 Å². The zero-order chi connectivity index (χ0) is 10.5. The third-order valence-corrected chi connectivity index (χ3v) is 2.81. The van der Waals surface area contributed by atoms with Crippen LogP contribution in [0, 0.1) is 0 Å². The van der Waals surface area contributed by atoms with E-state index in [0.29, 0.717) is 0 Å². The molecular weight excluding hydrogens is 167 g/mol. The summed E-state index contributed by atoms with van der Waals surface area (Å²) < 4.78 is 0. The Balaban J connectivity index is 2.78. The molecule has 0 bridgehead atoms. The molecule has 1 heteroatoms. The van der Waals surface area contributed by atoms with Gasteiger partial charge in [0, 0.05) is 0 Å². The lowest BCUT2D eigenvalue weighted by atomic mass is 9.98. The predicted molar refractivity (Wildman–Crippen MR) is 67.0 cm³/mol. The van der Waals surface area contributed by atoms with Gasteiger partial charge < -0.3 is 0 Å². The quantitative estimate of drug-likeness (QED) is 0.324. The van der Waals surface area contributed by atoms with Crippen LogP contribution in [0.15, 0.2) is 0 Å². The molecule has 0 saturated heterocycles. The van der Waals surface area contributed by atoms with Gasteiger partial charge in [-0.2, -0.15) is 0 Å². The smallest absolute Gasteiger partial charge is 0.0653 e. The first-order valence-electron chi connectivity index (χ1n) is 6.62. The van der Waals surface area contributed by atoms with Crippen LogP contribution < -0.4 is 0 Å². The van der Waals surface area contributed by atoms with Gasteiger partial charge in [-0.25, -0.2) is 0 Å². The van der Waals surface area contributed by atoms with Gasteiger partial charge in [-0.05, 0) is 0 Å². The van der Waals surface area contributed by atoms with Crippen LogP contribution >= 0.6 is 0 Å². The third kappa shape index (κ3) is 12.1. The van der Waals surface area contributed by atoms with Crippen LogP contribution in [0.5, 0.6) is 0 Å². The second-order valence-electron chi connectivity index (χ2n) is 4.32. The second-order valence-corrected chi connectivity index (χ2v) is 4.32. The van der Waals surface area contributed by atoms with Crippen molar-refractivity contribution in [1.29, 1.82) is 0 Å². The lowest BCUT2D eigenvalue weighted by molar-refractivity contribution is 0.554. The van der Waals surface area contributed by atoms with Crippen molar-refractivity contribution in [2.24, 2.45) is 0 Å². The fourth-order valence-corrected chi connectivity index (χ4v) is 1.81. The zero-order valence-corrected chi connectivity index (χ0v) is 10.1. The van der Waals surface area contributed by atoms with Gasteiger partial charge >= 0.3 is 0 Å². The van der Waals surface area contributed by atoms with Crippen molar-refractivity contribution in [1.82, 2.24) is 0 Å². The van der Waals surface area contributed by atoms with E-state index in [0.717, 1.165) is 6.32 Å². The molecule has 0 amide bonds. The Kier molecular flexibility index (Phi) is 13.1. The molecule has 0 N–H and O–H groups in total. The number of rotatable bonds is 11. The summed E-state index contributed by atoms with van der Waals surface area (Å²) in [5, 5.41) is 0. The molecule has 0 aliphatic heterocycles. The molecule has 2 radical (unpaired) electrons. The highest BCUT2D eigenvalue weighted by molar-refractivity contribution is 6.08. The van der Waals surface area contributed by atoms with Crippen molar-refractivity contribution in [2.75, 3.05) is 0 Å². The predicted octanol–water partition coefficient (Wildman–Crippen LogP) is 4.88. The van der Waals surface area contributed by atoms with E-state index in [-0.39, 0.29) is 0 Å². The summed E-state index contributed by atoms with van der Waals surface area (Å²) in [5.74, 6) is 0. The Morgan fingerprint density at radius 2 is 0.929 bits per heavy atom. The number of unbranched alkanes of at least 4 members (excludes halogenated alkanes) is 10. The van der Waals surface area contributed by atoms with Crippen LogP contribution in [0.2, 0.25) is 6.32 Å². The molecule has 0 spiro atoms. The molecule has 0 rings (SSSR count). The lowest BCUT2D eigenvalue weighted by Gasteiger charge is -2.01. The van der Waals surface area contributed by atoms with Crippen LogP contribution in [0.4, 0.5) is 0 Å². The molecule has 0 aromatic carbocycles. The summed E-state index contributed by atoms with van der Waals surface area (Å²) in [5.41, 5.74) is 0. The van der Waals surface area contributed by atoms with Gasteiger partial charge in [0.1, 0.15) is 0 Å². The van der Waals surface area contributed by atoms with Crippen molar-refractivity contribution >= 4 is 7.85 Å². The molecule has 14 heavy (non-hydrogen) atoms. The van der Waals surface area contributed by atoms with E-state index >= 15 is 0 Å². The highest BCUT2D eigenvalue weighted by atomic mass is 14.0. The Morgan fingerprint density at radius 3 is 1.29 bits per heavy atom. The Morgan fingerprint density at radius 1 is 0.571 bits per heavy atom. The largest absolute Gasteiger partial charge is 0.0887 e. The fraction of sp³-hybridized carbons (Fsp3) is 1.00. The van der Waals surface area contributed by atoms with Crippen molar-refractivity contribution < 1.29 is 0 Å². The van der Waals surface area contributed by atoms with E-state index in [1.165, 1.54) is 70.6 Å². The Hall–Kier alpha value is 0.0649. The minimum atomic E-state index is 0.872. The first kappa shape index (κ1) is 14.1. The lowest BCUT2D eigenvalue weighted by Crippen LogP contribution is -1.81. The minimum absolute atomic E-state index is 0.872. The van der Waals surface area contributed by atoms with Crippen molar-refractivity contribution in [2.45, 2.75) is 83.9 Å². The zero-order valence-electron chi connectivity index (χ0n) is 10.1. The van der Waals surface area contributed by atoms with E-state index in [4.69, 9.17) is 7.85 Å². The maximum absolute atomic E-state index is 5.44. The maximum Gasteiger partial charge on any atom is 0.0653 e. The van der Waals surface area contributed by atoms with Crippen molar-refractivity contribution in [3.63, 3.8) is 0 Å². The molecule has 0 aliphatic carbocycles. The van der Waals surface area contributed by atoms with E-state index in [9.17, 15) is 0 Å². The summed E-state index contributed by atoms with van der Waals surface area (Å²) in [7, 11) is 5.44. The van der Waals surface area contributed by atoms with Gasteiger partial charge in [0.05, 0.1) is 7.85 Å². The minimum Gasteiger partial charge on any atom is -0.0887 e. The van der Waals surface area contributed by atoms with Crippen LogP contribution in [0.25, 0.3) is 0 Å². The SMILES string of the molecule is [B]CCCCCCCCCCCCC. The average molecular weight is 194 g/mol. The molecule has 0 atom stereocenters. The van der Waals surface area contributed by atoms with E-state index < -0.39 is 0 Å². The van der Waals surface area contributed by atoms with Gasteiger partial charge in [0.2, 0.25) is 0 Å². The summed E-state index contributed by atoms with van der Waals surface area (Å²) in [4.78, 5) is 0. The normalized spacial score (nSPS) is 10.6. The Bertz CT molecular complexity index is 79.2. The van der Waals surface area contributed by atoms with Gasteiger partial charge in [-0.15, -0.1) is 0 Å². The highest BCUT2D eigenvalue weighted by Gasteiger charge is 1.91. The molecule has 0 nitrogen and oxygen atoms in total. The van der Waals surface area contributed by atoms with Gasteiger partial charge in [0.25, 0.3) is 0 Å². The van der Waals surface area contributed by atoms with Gasteiger partial charge in [-0.1, -0.05) is 83.9 Å². The van der Waals surface area contributed by atoms with E-state index in [1.807, 2.05) is 0 Å². The third-order valence-electron chi connectivity index (χ3n) is 2.81. The van der Waals surface area contributed by atoms with Gasteiger partial charge in [0.15, 0.2) is 0 Å². The second kappa shape index (κ2) is 13.1. The molecule has 0 aliphatic rings. The fourth-order valence-electron chi connectivity index (χ4n) is 1.81. The first-order chi connectivity index (χ1) is 6.91. The molecular formula is C13H27B. The van der Waals surface area contributed by atoms with Crippen molar-refractivity contribution in [3.05, 3.63) is 0 Å². The number of hydrogen-bond donors (Lipinski definition) is 0.